The van der Waals surface area contributed by atoms with Crippen LogP contribution in [0, 0.1) is 0 Å². The Bertz CT molecular complexity index is 611. The molecule has 5 nitrogen and oxygen atoms in total. The monoisotopic (exact) mass is 299 g/mol. The normalized spacial score (nSPS) is 28.5. The number of anilines is 1. The van der Waals surface area contributed by atoms with Crippen LogP contribution in [0.5, 0.6) is 5.75 Å². The molecule has 2 heterocycles. The highest BCUT2D eigenvalue weighted by atomic mass is 32.2. The van der Waals surface area contributed by atoms with Crippen LogP contribution >= 0.6 is 11.8 Å². The van der Waals surface area contributed by atoms with Gasteiger partial charge in [-0.25, -0.2) is 8.42 Å². The molecule has 102 valence electrons. The van der Waals surface area contributed by atoms with Crippen molar-refractivity contribution in [2.24, 2.45) is 0 Å². The van der Waals surface area contributed by atoms with Gasteiger partial charge >= 0.3 is 0 Å². The lowest BCUT2D eigenvalue weighted by molar-refractivity contribution is 0.265. The molecule has 1 aromatic rings. The number of thioether (sulfide) groups is 1. The predicted molar refractivity (Wildman–Crippen MR) is 74.7 cm³/mol. The Labute approximate surface area is 115 Å². The fraction of sp³-hybridized carbons (Fsp3) is 0.417. The topological polar surface area (TPSA) is 63.7 Å². The number of hydrogen-bond donors (Lipinski definition) is 0. The second-order valence-corrected chi connectivity index (χ2v) is 7.98. The summed E-state index contributed by atoms with van der Waals surface area (Å²) in [5, 5.41) is -0.213. The van der Waals surface area contributed by atoms with Crippen molar-refractivity contribution >= 4 is 32.5 Å². The van der Waals surface area contributed by atoms with Crippen molar-refractivity contribution in [3.05, 3.63) is 24.3 Å². The van der Waals surface area contributed by atoms with Crippen molar-refractivity contribution in [2.45, 2.75) is 11.3 Å². The number of rotatable bonds is 2. The highest BCUT2D eigenvalue weighted by Crippen LogP contribution is 2.40. The fourth-order valence-corrected chi connectivity index (χ4v) is 6.28. The number of amides is 1. The van der Waals surface area contributed by atoms with E-state index >= 15 is 0 Å². The van der Waals surface area contributed by atoms with Gasteiger partial charge in [-0.05, 0) is 24.3 Å². The molecule has 2 saturated heterocycles. The van der Waals surface area contributed by atoms with Crippen LogP contribution in [-0.4, -0.2) is 43.6 Å². The van der Waals surface area contributed by atoms with E-state index in [4.69, 9.17) is 4.74 Å². The third-order valence-corrected chi connectivity index (χ3v) is 6.51. The van der Waals surface area contributed by atoms with E-state index < -0.39 is 9.84 Å². The smallest absolute Gasteiger partial charge is 0.286 e. The van der Waals surface area contributed by atoms with Crippen LogP contribution in [0.2, 0.25) is 0 Å². The average Bonchev–Trinajstić information content (AvgIpc) is 2.79. The number of nitrogens with zero attached hydrogens (tertiary/aromatic N) is 1. The number of hydrogen-bond acceptors (Lipinski definition) is 5. The lowest BCUT2D eigenvalue weighted by Gasteiger charge is -2.22. The summed E-state index contributed by atoms with van der Waals surface area (Å²) in [5.74, 6) is 0.863. The lowest BCUT2D eigenvalue weighted by Crippen LogP contribution is -2.36. The number of benzene rings is 1. The van der Waals surface area contributed by atoms with Crippen LogP contribution in [0.15, 0.2) is 24.3 Å². The van der Waals surface area contributed by atoms with E-state index in [0.29, 0.717) is 5.75 Å². The van der Waals surface area contributed by atoms with Gasteiger partial charge in [0.05, 0.1) is 29.9 Å². The molecule has 1 amide bonds. The Balaban J connectivity index is 1.92. The molecule has 0 saturated carbocycles. The minimum Gasteiger partial charge on any atom is -0.497 e. The van der Waals surface area contributed by atoms with Gasteiger partial charge in [0, 0.05) is 5.69 Å². The second-order valence-electron chi connectivity index (χ2n) is 4.63. The highest BCUT2D eigenvalue weighted by molar-refractivity contribution is 8.15. The fourth-order valence-electron chi connectivity index (χ4n) is 2.51. The first-order chi connectivity index (χ1) is 9.00. The third-order valence-electron chi connectivity index (χ3n) is 3.40. The molecule has 0 unspecified atom stereocenters. The van der Waals surface area contributed by atoms with Gasteiger partial charge < -0.3 is 4.74 Å². The summed E-state index contributed by atoms with van der Waals surface area (Å²) in [6, 6.07) is 6.86. The van der Waals surface area contributed by atoms with Crippen molar-refractivity contribution in [2.75, 3.05) is 23.5 Å². The van der Waals surface area contributed by atoms with E-state index in [-0.39, 0.29) is 28.0 Å². The van der Waals surface area contributed by atoms with Crippen LogP contribution in [0.3, 0.4) is 0 Å². The molecule has 7 heteroatoms. The lowest BCUT2D eigenvalue weighted by atomic mass is 10.2. The largest absolute Gasteiger partial charge is 0.497 e. The van der Waals surface area contributed by atoms with Gasteiger partial charge in [0.2, 0.25) is 0 Å². The van der Waals surface area contributed by atoms with Gasteiger partial charge in [-0.15, -0.1) is 0 Å². The molecule has 3 rings (SSSR count). The summed E-state index contributed by atoms with van der Waals surface area (Å²) in [6.07, 6.45) is 0. The maximum atomic E-state index is 12.0. The SMILES string of the molecule is COc1ccc(N2C(=O)S[C@@H]3CS(=O)(=O)C[C@@H]32)cc1. The first-order valence-electron chi connectivity index (χ1n) is 5.84. The Morgan fingerprint density at radius 3 is 2.58 bits per heavy atom. The predicted octanol–water partition coefficient (Wildman–Crippen LogP) is 1.53. The van der Waals surface area contributed by atoms with E-state index in [0.717, 1.165) is 17.4 Å². The zero-order valence-electron chi connectivity index (χ0n) is 10.3. The molecule has 2 aliphatic heterocycles. The number of fused-ring (bicyclic) bond motifs is 1. The van der Waals surface area contributed by atoms with E-state index in [1.165, 1.54) is 0 Å². The molecule has 0 aliphatic carbocycles. The number of methoxy groups -OCH3 is 1. The Hall–Kier alpha value is -1.21. The maximum Gasteiger partial charge on any atom is 0.286 e. The molecule has 0 spiro atoms. The van der Waals surface area contributed by atoms with Gasteiger partial charge in [-0.2, -0.15) is 0 Å². The average molecular weight is 299 g/mol. The van der Waals surface area contributed by atoms with Crippen LogP contribution in [0.25, 0.3) is 0 Å². The van der Waals surface area contributed by atoms with E-state index in [1.807, 2.05) is 0 Å². The van der Waals surface area contributed by atoms with Crippen molar-refractivity contribution in [1.82, 2.24) is 0 Å². The van der Waals surface area contributed by atoms with Crippen LogP contribution in [-0.2, 0) is 9.84 Å². The second kappa shape index (κ2) is 4.42. The summed E-state index contributed by atoms with van der Waals surface area (Å²) in [7, 11) is -1.45. The molecule has 0 bridgehead atoms. The Morgan fingerprint density at radius 2 is 1.95 bits per heavy atom. The van der Waals surface area contributed by atoms with Gasteiger partial charge in [-0.1, -0.05) is 11.8 Å². The minimum absolute atomic E-state index is 0.0580. The van der Waals surface area contributed by atoms with Crippen LogP contribution < -0.4 is 9.64 Å². The zero-order chi connectivity index (χ0) is 13.6. The highest BCUT2D eigenvalue weighted by Gasteiger charge is 2.50. The molecular formula is C12H13NO4S2. The third kappa shape index (κ3) is 2.21. The first-order valence-corrected chi connectivity index (χ1v) is 8.54. The van der Waals surface area contributed by atoms with Crippen molar-refractivity contribution in [3.8, 4) is 5.75 Å². The molecule has 0 aromatic heterocycles. The van der Waals surface area contributed by atoms with Crippen LogP contribution in [0.4, 0.5) is 10.5 Å². The first kappa shape index (κ1) is 12.8. The van der Waals surface area contributed by atoms with Gasteiger partial charge in [0.25, 0.3) is 5.24 Å². The van der Waals surface area contributed by atoms with Crippen molar-refractivity contribution in [1.29, 1.82) is 0 Å². The van der Waals surface area contributed by atoms with Crippen LogP contribution in [0.1, 0.15) is 0 Å². The van der Waals surface area contributed by atoms with E-state index in [9.17, 15) is 13.2 Å². The van der Waals surface area contributed by atoms with E-state index in [1.54, 1.807) is 36.3 Å². The van der Waals surface area contributed by atoms with Gasteiger partial charge in [-0.3, -0.25) is 9.69 Å². The molecule has 2 atom stereocenters. The minimum atomic E-state index is -3.02. The Morgan fingerprint density at radius 1 is 1.26 bits per heavy atom. The molecule has 0 radical (unpaired) electrons. The molecule has 2 fully saturated rings. The van der Waals surface area contributed by atoms with Gasteiger partial charge in [0.1, 0.15) is 5.75 Å². The quantitative estimate of drug-likeness (QED) is 0.829. The summed E-state index contributed by atoms with van der Waals surface area (Å²) < 4.78 is 28.4. The summed E-state index contributed by atoms with van der Waals surface area (Å²) >= 11 is 1.13. The number of sulfone groups is 1. The standard InChI is InChI=1S/C12H13NO4S2/c1-17-9-4-2-8(3-5-9)13-10-6-19(15,16)7-11(10)18-12(13)14/h2-5,10-11H,6-7H2,1H3/t10-,11+/m0/s1. The summed E-state index contributed by atoms with van der Waals surface area (Å²) in [6.45, 7) is 0. The van der Waals surface area contributed by atoms with E-state index in [2.05, 4.69) is 0 Å². The molecule has 19 heavy (non-hydrogen) atoms. The van der Waals surface area contributed by atoms with Crippen molar-refractivity contribution < 1.29 is 17.9 Å². The van der Waals surface area contributed by atoms with Crippen molar-refractivity contribution in [3.63, 3.8) is 0 Å². The molecule has 2 aliphatic rings. The molecule has 0 N–H and O–H groups in total. The zero-order valence-corrected chi connectivity index (χ0v) is 11.9. The molecular weight excluding hydrogens is 286 g/mol. The number of ether oxygens (including phenoxy) is 1. The molecule has 1 aromatic carbocycles. The number of carbonyl (C=O) groups excluding carboxylic acids is 1. The maximum absolute atomic E-state index is 12.0. The Kier molecular flexibility index (Phi) is 2.98. The summed E-state index contributed by atoms with van der Waals surface area (Å²) in [4.78, 5) is 13.6. The summed E-state index contributed by atoms with van der Waals surface area (Å²) in [5.41, 5.74) is 0.725. The number of carbonyl (C=O) groups is 1. The van der Waals surface area contributed by atoms with Gasteiger partial charge in [0.15, 0.2) is 9.84 Å².